The first-order chi connectivity index (χ1) is 7.54. The van der Waals surface area contributed by atoms with E-state index >= 15 is 0 Å². The summed E-state index contributed by atoms with van der Waals surface area (Å²) in [4.78, 5) is 17.9. The van der Waals surface area contributed by atoms with E-state index < -0.39 is 11.8 Å². The molecule has 6 heteroatoms. The maximum Gasteiger partial charge on any atom is 0.354 e. The van der Waals surface area contributed by atoms with Crippen molar-refractivity contribution < 1.29 is 13.9 Å². The van der Waals surface area contributed by atoms with Crippen LogP contribution in [0.4, 0.5) is 4.39 Å². The van der Waals surface area contributed by atoms with Gasteiger partial charge in [-0.15, -0.1) is 0 Å². The van der Waals surface area contributed by atoms with Gasteiger partial charge in [0.25, 0.3) is 0 Å². The van der Waals surface area contributed by atoms with Gasteiger partial charge in [-0.2, -0.15) is 0 Å². The van der Waals surface area contributed by atoms with Gasteiger partial charge in [0, 0.05) is 0 Å². The second kappa shape index (κ2) is 3.75. The summed E-state index contributed by atoms with van der Waals surface area (Å²) in [6.07, 6.45) is 0. The Morgan fingerprint density at radius 2 is 2.31 bits per heavy atom. The predicted octanol–water partition coefficient (Wildman–Crippen LogP) is 2.45. The third-order valence-electron chi connectivity index (χ3n) is 2.23. The summed E-state index contributed by atoms with van der Waals surface area (Å²) >= 11 is 5.71. The van der Waals surface area contributed by atoms with Crippen molar-refractivity contribution in [2.24, 2.45) is 0 Å². The van der Waals surface area contributed by atoms with Crippen molar-refractivity contribution in [2.45, 2.75) is 6.92 Å². The highest BCUT2D eigenvalue weighted by Gasteiger charge is 2.16. The number of halogens is 2. The first kappa shape index (κ1) is 10.9. The second-order valence-corrected chi connectivity index (χ2v) is 3.64. The number of carbonyl (C=O) groups excluding carboxylic acids is 1. The zero-order valence-electron chi connectivity index (χ0n) is 8.60. The predicted molar refractivity (Wildman–Crippen MR) is 57.1 cm³/mol. The molecule has 0 bridgehead atoms. The van der Waals surface area contributed by atoms with Crippen molar-refractivity contribution in [2.75, 3.05) is 7.11 Å². The molecule has 2 heterocycles. The summed E-state index contributed by atoms with van der Waals surface area (Å²) in [7, 11) is 1.25. The highest BCUT2D eigenvalue weighted by molar-refractivity contribution is 6.32. The molecule has 0 amide bonds. The van der Waals surface area contributed by atoms with Crippen molar-refractivity contribution in [3.05, 3.63) is 28.3 Å². The van der Waals surface area contributed by atoms with Gasteiger partial charge in [0.2, 0.25) is 0 Å². The molecule has 2 aromatic heterocycles. The number of aromatic amines is 1. The van der Waals surface area contributed by atoms with Crippen LogP contribution in [-0.2, 0) is 4.74 Å². The third-order valence-corrected chi connectivity index (χ3v) is 2.67. The van der Waals surface area contributed by atoms with Crippen LogP contribution in [0.25, 0.3) is 11.0 Å². The molecule has 1 N–H and O–H groups in total. The number of rotatable bonds is 1. The molecule has 0 aliphatic carbocycles. The van der Waals surface area contributed by atoms with E-state index in [2.05, 4.69) is 14.7 Å². The van der Waals surface area contributed by atoms with Gasteiger partial charge < -0.3 is 9.72 Å². The molecule has 0 aliphatic rings. The number of nitrogens with one attached hydrogen (secondary N) is 1. The molecule has 0 radical (unpaired) electrons. The largest absolute Gasteiger partial charge is 0.464 e. The first-order valence-electron chi connectivity index (χ1n) is 4.47. The van der Waals surface area contributed by atoms with Gasteiger partial charge in [0.05, 0.1) is 23.2 Å². The van der Waals surface area contributed by atoms with E-state index in [-0.39, 0.29) is 21.7 Å². The highest BCUT2D eigenvalue weighted by atomic mass is 35.5. The van der Waals surface area contributed by atoms with Crippen LogP contribution in [0.5, 0.6) is 0 Å². The summed E-state index contributed by atoms with van der Waals surface area (Å²) in [6, 6.07) is 1.33. The number of carbonyl (C=O) groups is 1. The number of H-pyrrole nitrogens is 1. The number of esters is 1. The quantitative estimate of drug-likeness (QED) is 0.782. The number of aromatic nitrogens is 2. The Hall–Kier alpha value is -1.62. The molecule has 0 aliphatic heterocycles. The molecule has 2 rings (SSSR count). The van der Waals surface area contributed by atoms with Gasteiger partial charge in [-0.25, -0.2) is 14.2 Å². The average Bonchev–Trinajstić information content (AvgIpc) is 2.69. The Balaban J connectivity index is 2.71. The lowest BCUT2D eigenvalue weighted by Gasteiger charge is -1.98. The molecule has 0 aromatic carbocycles. The minimum Gasteiger partial charge on any atom is -0.464 e. The molecular weight excluding hydrogens is 235 g/mol. The zero-order valence-corrected chi connectivity index (χ0v) is 9.35. The van der Waals surface area contributed by atoms with Gasteiger partial charge in [-0.3, -0.25) is 0 Å². The maximum atomic E-state index is 13.7. The zero-order chi connectivity index (χ0) is 11.9. The van der Waals surface area contributed by atoms with E-state index in [4.69, 9.17) is 11.6 Å². The number of methoxy groups -OCH3 is 1. The number of hydrogen-bond acceptors (Lipinski definition) is 3. The lowest BCUT2D eigenvalue weighted by molar-refractivity contribution is 0.0595. The van der Waals surface area contributed by atoms with Crippen LogP contribution < -0.4 is 0 Å². The van der Waals surface area contributed by atoms with Crippen LogP contribution in [0.1, 0.15) is 16.2 Å². The van der Waals surface area contributed by atoms with Gasteiger partial charge in [0.1, 0.15) is 11.3 Å². The van der Waals surface area contributed by atoms with Gasteiger partial charge >= 0.3 is 5.97 Å². The van der Waals surface area contributed by atoms with E-state index in [0.29, 0.717) is 5.69 Å². The van der Waals surface area contributed by atoms with Gasteiger partial charge in [-0.05, 0) is 13.0 Å². The molecule has 0 spiro atoms. The van der Waals surface area contributed by atoms with Crippen LogP contribution in [-0.4, -0.2) is 23.0 Å². The lowest BCUT2D eigenvalue weighted by Crippen LogP contribution is -2.00. The Kier molecular flexibility index (Phi) is 2.55. The minimum absolute atomic E-state index is 0.0390. The van der Waals surface area contributed by atoms with Crippen LogP contribution in [0, 0.1) is 12.7 Å². The summed E-state index contributed by atoms with van der Waals surface area (Å²) in [5.41, 5.74) is 0.787. The Bertz CT molecular complexity index is 580. The van der Waals surface area contributed by atoms with Crippen molar-refractivity contribution in [3.63, 3.8) is 0 Å². The molecule has 16 heavy (non-hydrogen) atoms. The number of fused-ring (bicyclic) bond motifs is 1. The normalized spacial score (nSPS) is 10.8. The highest BCUT2D eigenvalue weighted by Crippen LogP contribution is 2.26. The van der Waals surface area contributed by atoms with E-state index in [1.54, 1.807) is 6.92 Å². The van der Waals surface area contributed by atoms with Crippen LogP contribution in [0.15, 0.2) is 6.07 Å². The minimum atomic E-state index is -0.587. The van der Waals surface area contributed by atoms with Crippen LogP contribution >= 0.6 is 11.6 Å². The van der Waals surface area contributed by atoms with Crippen LogP contribution in [0.3, 0.4) is 0 Å². The summed E-state index contributed by atoms with van der Waals surface area (Å²) < 4.78 is 18.2. The van der Waals surface area contributed by atoms with Gasteiger partial charge in [0.15, 0.2) is 5.82 Å². The topological polar surface area (TPSA) is 55.0 Å². The Labute approximate surface area is 95.4 Å². The molecule has 4 nitrogen and oxygen atoms in total. The summed E-state index contributed by atoms with van der Waals surface area (Å²) in [5, 5.41) is 0.138. The maximum absolute atomic E-state index is 13.7. The van der Waals surface area contributed by atoms with Crippen molar-refractivity contribution in [1.82, 2.24) is 9.97 Å². The molecule has 84 valence electrons. The third kappa shape index (κ3) is 1.53. The molecule has 0 saturated heterocycles. The molecule has 0 unspecified atom stereocenters. The van der Waals surface area contributed by atoms with Crippen molar-refractivity contribution in [1.29, 1.82) is 0 Å². The molecule has 0 fully saturated rings. The van der Waals surface area contributed by atoms with Gasteiger partial charge in [-0.1, -0.05) is 11.6 Å². The summed E-state index contributed by atoms with van der Waals surface area (Å²) in [5.74, 6) is -1.17. The molecular formula is C10H8ClFN2O2. The molecule has 0 saturated carbocycles. The first-order valence-corrected chi connectivity index (χ1v) is 4.85. The smallest absolute Gasteiger partial charge is 0.354 e. The second-order valence-electron chi connectivity index (χ2n) is 3.26. The average molecular weight is 243 g/mol. The Morgan fingerprint density at radius 1 is 1.62 bits per heavy atom. The SMILES string of the molecule is COC(=O)c1cc2c(F)c(Cl)c(C)nc2[nH]1. The summed E-state index contributed by atoms with van der Waals surface area (Å²) in [6.45, 7) is 1.59. The van der Waals surface area contributed by atoms with E-state index in [9.17, 15) is 9.18 Å². The fraction of sp³-hybridized carbons (Fsp3) is 0.200. The number of pyridine rings is 1. The lowest BCUT2D eigenvalue weighted by atomic mass is 10.2. The van der Waals surface area contributed by atoms with E-state index in [1.165, 1.54) is 13.2 Å². The monoisotopic (exact) mass is 242 g/mol. The van der Waals surface area contributed by atoms with Crippen LogP contribution in [0.2, 0.25) is 5.02 Å². The fourth-order valence-electron chi connectivity index (χ4n) is 1.41. The fourth-order valence-corrected chi connectivity index (χ4v) is 1.56. The number of hydrogen-bond donors (Lipinski definition) is 1. The van der Waals surface area contributed by atoms with E-state index in [0.717, 1.165) is 0 Å². The van der Waals surface area contributed by atoms with E-state index in [1.807, 2.05) is 0 Å². The Morgan fingerprint density at radius 3 is 2.94 bits per heavy atom. The molecule has 2 aromatic rings. The standard InChI is InChI=1S/C10H8ClFN2O2/c1-4-7(11)8(12)5-3-6(10(15)16-2)14-9(5)13-4/h3H,1-2H3,(H,13,14). The number of nitrogens with zero attached hydrogens (tertiary/aromatic N) is 1. The van der Waals surface area contributed by atoms with Crippen molar-refractivity contribution in [3.8, 4) is 0 Å². The number of ether oxygens (including phenoxy) is 1. The molecule has 0 atom stereocenters. The number of aryl methyl sites for hydroxylation is 1. The van der Waals surface area contributed by atoms with Crippen molar-refractivity contribution >= 4 is 28.6 Å².